The van der Waals surface area contributed by atoms with Gasteiger partial charge in [-0.1, -0.05) is 45.4 Å². The Bertz CT molecular complexity index is 2410. The number of hydrogen-bond acceptors (Lipinski definition) is 14. The molecule has 8 rings (SSSR count). The van der Waals surface area contributed by atoms with Crippen molar-refractivity contribution in [1.29, 1.82) is 0 Å². The average Bonchev–Trinajstić information content (AvgIpc) is 3.84. The number of carbonyl (C=O) groups is 4. The predicted octanol–water partition coefficient (Wildman–Crippen LogP) is 7.23. The van der Waals surface area contributed by atoms with Crippen LogP contribution in [-0.2, 0) is 28.6 Å². The number of pyridine rings is 1. The van der Waals surface area contributed by atoms with E-state index in [0.29, 0.717) is 77.5 Å². The van der Waals surface area contributed by atoms with Gasteiger partial charge in [-0.3, -0.25) is 14.5 Å². The van der Waals surface area contributed by atoms with E-state index in [1.54, 1.807) is 18.2 Å². The summed E-state index contributed by atoms with van der Waals surface area (Å²) in [6.07, 6.45) is 3.07. The van der Waals surface area contributed by atoms with Crippen LogP contribution >= 0.6 is 22.9 Å². The van der Waals surface area contributed by atoms with Crippen molar-refractivity contribution in [3.05, 3.63) is 41.3 Å². The first-order valence-electron chi connectivity index (χ1n) is 23.4. The molecule has 2 aliphatic heterocycles. The number of alkyl carbamates (subject to hydrolysis) is 1. The van der Waals surface area contributed by atoms with E-state index in [2.05, 4.69) is 48.2 Å². The van der Waals surface area contributed by atoms with Gasteiger partial charge in [0.05, 0.1) is 38.1 Å². The molecule has 2 aromatic heterocycles. The van der Waals surface area contributed by atoms with Crippen molar-refractivity contribution in [2.45, 2.75) is 129 Å². The topological polar surface area (TPSA) is 183 Å². The molecule has 0 radical (unpaired) electrons. The van der Waals surface area contributed by atoms with E-state index in [1.807, 2.05) is 46.1 Å². The number of benzene rings is 1. The van der Waals surface area contributed by atoms with E-state index in [9.17, 15) is 19.2 Å². The van der Waals surface area contributed by atoms with Gasteiger partial charge in [-0.2, -0.15) is 0 Å². The minimum atomic E-state index is -1.31. The van der Waals surface area contributed by atoms with Crippen molar-refractivity contribution in [3.63, 3.8) is 0 Å². The fourth-order valence-corrected chi connectivity index (χ4v) is 11.2. The molecule has 1 aromatic carbocycles. The first kappa shape index (κ1) is 48.7. The molecule has 67 heavy (non-hydrogen) atoms. The van der Waals surface area contributed by atoms with E-state index in [4.69, 9.17) is 45.3 Å². The highest BCUT2D eigenvalue weighted by molar-refractivity contribution is 7.14. The van der Waals surface area contributed by atoms with Gasteiger partial charge in [-0.25, -0.2) is 19.6 Å². The number of ether oxygens (including phenoxy) is 5. The van der Waals surface area contributed by atoms with Gasteiger partial charge < -0.3 is 44.5 Å². The summed E-state index contributed by atoms with van der Waals surface area (Å²) in [5.41, 5.74) is -0.502. The van der Waals surface area contributed by atoms with E-state index in [0.717, 1.165) is 30.9 Å². The van der Waals surface area contributed by atoms with E-state index >= 15 is 0 Å². The predicted molar refractivity (Wildman–Crippen MR) is 256 cm³/mol. The zero-order chi connectivity index (χ0) is 48.2. The molecule has 3 aromatic rings. The Labute approximate surface area is 402 Å². The van der Waals surface area contributed by atoms with Crippen LogP contribution in [0.25, 0.3) is 22.3 Å². The third-order valence-electron chi connectivity index (χ3n) is 14.2. The SMILES string of the molecule is C=C[C@@H]1CC1(NC(=O)[C@@H]1CC(Oc2cc(-c3csc(NC(C)C)n3)nc3c(Cl)c(OCCN4CCOCC4(C)C)ccc23)CN1C(=O)[C@@H](NC(=O)O[C@@H]1C[C@@H]2CC2(C)C1)C(C)(C)C)C(=O)OC. The number of halogens is 1. The number of aromatic nitrogens is 2. The van der Waals surface area contributed by atoms with Crippen molar-refractivity contribution >= 4 is 62.8 Å². The second-order valence-electron chi connectivity index (χ2n) is 21.3. The number of amides is 3. The number of nitrogens with zero attached hydrogens (tertiary/aromatic N) is 4. The van der Waals surface area contributed by atoms with Crippen molar-refractivity contribution in [3.8, 4) is 22.9 Å². The number of hydrogen-bond donors (Lipinski definition) is 3. The normalized spacial score (nSPS) is 28.0. The maximum Gasteiger partial charge on any atom is 0.408 e. The van der Waals surface area contributed by atoms with Crippen molar-refractivity contribution in [2.75, 3.05) is 51.9 Å². The average molecular weight is 965 g/mol. The standard InChI is InChI=1S/C49H66ClN7O9S/c1-11-28-22-49(28,43(60)62-10)55-41(58)35-19-31(24-57(35)42(59)40(46(4,5)6)54-45(61)66-30-18-29-21-48(29,9)23-30)65-37-20-33(34-25-67-44(53-34)51-27(2)3)52-39-32(37)12-13-36(38(39)50)64-17-15-56-14-16-63-26-47(56,7)8/h11-13,20,25,27-31,35,40H,1,14-19,21-24,26H2,2-10H3,(H,51,53)(H,54,61)(H,55,58)/t28-,29-,30-,31?,35+,40-,48?,49?/m1/s1. The van der Waals surface area contributed by atoms with Crippen molar-refractivity contribution < 1.29 is 42.9 Å². The maximum atomic E-state index is 15.0. The Hall–Kier alpha value is -4.71. The van der Waals surface area contributed by atoms with Crippen LogP contribution in [0.3, 0.4) is 0 Å². The van der Waals surface area contributed by atoms with Crippen molar-refractivity contribution in [1.82, 2.24) is 30.4 Å². The zero-order valence-electron chi connectivity index (χ0n) is 40.2. The summed E-state index contributed by atoms with van der Waals surface area (Å²) >= 11 is 8.63. The molecule has 3 amide bonds. The highest BCUT2D eigenvalue weighted by Gasteiger charge is 2.62. The van der Waals surface area contributed by atoms with Crippen LogP contribution in [0.4, 0.5) is 9.93 Å². The zero-order valence-corrected chi connectivity index (χ0v) is 41.7. The van der Waals surface area contributed by atoms with Crippen LogP contribution in [0.1, 0.15) is 87.5 Å². The Morgan fingerprint density at radius 1 is 1.06 bits per heavy atom. The smallest absolute Gasteiger partial charge is 0.408 e. The molecule has 364 valence electrons. The minimum absolute atomic E-state index is 0.0237. The van der Waals surface area contributed by atoms with Crippen LogP contribution in [0, 0.1) is 22.7 Å². The number of esters is 1. The van der Waals surface area contributed by atoms with E-state index in [-0.39, 0.29) is 42.0 Å². The van der Waals surface area contributed by atoms with Gasteiger partial charge in [0.15, 0.2) is 5.13 Å². The number of nitrogens with one attached hydrogen (secondary N) is 3. The third-order valence-corrected chi connectivity index (χ3v) is 15.4. The molecule has 18 heteroatoms. The highest BCUT2D eigenvalue weighted by atomic mass is 35.5. The fraction of sp³-hybridized carbons (Fsp3) is 0.633. The molecule has 5 fully saturated rings. The second kappa shape index (κ2) is 18.7. The minimum Gasteiger partial charge on any atom is -0.491 e. The first-order chi connectivity index (χ1) is 31.6. The van der Waals surface area contributed by atoms with Crippen LogP contribution in [0.2, 0.25) is 5.02 Å². The van der Waals surface area contributed by atoms with E-state index in [1.165, 1.54) is 23.3 Å². The summed E-state index contributed by atoms with van der Waals surface area (Å²) in [4.78, 5) is 69.8. The lowest BCUT2D eigenvalue weighted by Gasteiger charge is -2.41. The van der Waals surface area contributed by atoms with Gasteiger partial charge in [0, 0.05) is 53.8 Å². The molecule has 16 nitrogen and oxygen atoms in total. The number of thiazole rings is 1. The molecular weight excluding hydrogens is 898 g/mol. The monoisotopic (exact) mass is 963 g/mol. The number of likely N-dealkylation sites (tertiary alicyclic amines) is 1. The summed E-state index contributed by atoms with van der Waals surface area (Å²) in [6.45, 7) is 23.1. The Morgan fingerprint density at radius 3 is 2.49 bits per heavy atom. The lowest BCUT2D eigenvalue weighted by atomic mass is 9.85. The number of fused-ring (bicyclic) bond motifs is 2. The lowest BCUT2D eigenvalue weighted by Crippen LogP contribution is -2.59. The molecule has 8 atom stereocenters. The molecule has 3 saturated carbocycles. The third kappa shape index (κ3) is 10.2. The Balaban J connectivity index is 1.10. The van der Waals surface area contributed by atoms with Gasteiger partial charge in [0.25, 0.3) is 0 Å². The van der Waals surface area contributed by atoms with Crippen molar-refractivity contribution in [2.24, 2.45) is 22.7 Å². The molecule has 3 aliphatic carbocycles. The summed E-state index contributed by atoms with van der Waals surface area (Å²) in [6, 6.07) is 3.42. The number of rotatable bonds is 16. The van der Waals surface area contributed by atoms with E-state index < -0.39 is 53.0 Å². The van der Waals surface area contributed by atoms with Gasteiger partial charge in [-0.15, -0.1) is 17.9 Å². The molecular formula is C49H66ClN7O9S. The van der Waals surface area contributed by atoms with Gasteiger partial charge in [0.1, 0.15) is 58.7 Å². The summed E-state index contributed by atoms with van der Waals surface area (Å²) in [5.74, 6) is -0.575. The molecule has 5 aliphatic rings. The molecule has 3 N–H and O–H groups in total. The molecule has 0 spiro atoms. The Morgan fingerprint density at radius 2 is 1.84 bits per heavy atom. The number of methoxy groups -OCH3 is 1. The summed E-state index contributed by atoms with van der Waals surface area (Å²) in [7, 11) is 1.27. The molecule has 4 heterocycles. The van der Waals surface area contributed by atoms with Crippen LogP contribution in [0.5, 0.6) is 11.5 Å². The van der Waals surface area contributed by atoms with Crippen LogP contribution in [-0.4, -0.2) is 132 Å². The molecule has 0 bridgehead atoms. The number of morpholine rings is 1. The van der Waals surface area contributed by atoms with Gasteiger partial charge in [-0.05, 0) is 82.3 Å². The molecule has 2 saturated heterocycles. The van der Waals surface area contributed by atoms with Crippen LogP contribution < -0.4 is 25.4 Å². The van der Waals surface area contributed by atoms with Gasteiger partial charge >= 0.3 is 12.1 Å². The largest absolute Gasteiger partial charge is 0.491 e. The number of carbonyl (C=O) groups excluding carboxylic acids is 4. The van der Waals surface area contributed by atoms with Crippen LogP contribution in [0.15, 0.2) is 36.2 Å². The number of anilines is 1. The fourth-order valence-electron chi connectivity index (χ4n) is 10.1. The molecule has 3 unspecified atom stereocenters. The highest BCUT2D eigenvalue weighted by Crippen LogP contribution is 2.63. The summed E-state index contributed by atoms with van der Waals surface area (Å²) < 4.78 is 29.9. The first-order valence-corrected chi connectivity index (χ1v) is 24.7. The quantitative estimate of drug-likeness (QED) is 0.0967. The maximum absolute atomic E-state index is 15.0. The Kier molecular flexibility index (Phi) is 13.6. The second-order valence-corrected chi connectivity index (χ2v) is 22.5. The van der Waals surface area contributed by atoms with Gasteiger partial charge in [0.2, 0.25) is 11.8 Å². The lowest BCUT2D eigenvalue weighted by molar-refractivity contribution is -0.148. The summed E-state index contributed by atoms with van der Waals surface area (Å²) in [5, 5.41) is 12.7.